The van der Waals surface area contributed by atoms with Gasteiger partial charge in [-0.2, -0.15) is 0 Å². The zero-order valence-corrected chi connectivity index (χ0v) is 24.1. The number of hydrogen-bond donors (Lipinski definition) is 0. The minimum atomic E-state index is -0.536. The molecule has 3 nitrogen and oxygen atoms in total. The van der Waals surface area contributed by atoms with E-state index in [9.17, 15) is 0 Å². The van der Waals surface area contributed by atoms with Crippen LogP contribution in [-0.2, 0) is 5.41 Å². The molecule has 0 bridgehead atoms. The van der Waals surface area contributed by atoms with E-state index in [0.29, 0.717) is 5.95 Å². The van der Waals surface area contributed by atoms with Gasteiger partial charge in [0, 0.05) is 11.1 Å². The highest BCUT2D eigenvalue weighted by Crippen LogP contribution is 2.57. The lowest BCUT2D eigenvalue weighted by atomic mass is 9.62. The maximum absolute atomic E-state index is 5.26. The number of fused-ring (bicyclic) bond motifs is 2. The van der Waals surface area contributed by atoms with Gasteiger partial charge < -0.3 is 0 Å². The molecule has 0 spiro atoms. The fraction of sp³-hybridized carbons (Fsp3) is 0.0244. The second kappa shape index (κ2) is 10.8. The van der Waals surface area contributed by atoms with Gasteiger partial charge in [-0.25, -0.2) is 9.97 Å². The number of anilines is 3. The van der Waals surface area contributed by atoms with Gasteiger partial charge >= 0.3 is 0 Å². The van der Waals surface area contributed by atoms with Crippen LogP contribution in [0.25, 0.3) is 22.5 Å². The first-order valence-electron chi connectivity index (χ1n) is 14.9. The number of rotatable bonds is 5. The Labute approximate surface area is 257 Å². The predicted molar refractivity (Wildman–Crippen MR) is 179 cm³/mol. The van der Waals surface area contributed by atoms with Gasteiger partial charge in [0.2, 0.25) is 5.95 Å². The molecule has 0 saturated carbocycles. The first kappa shape index (κ1) is 25.9. The van der Waals surface area contributed by atoms with Crippen LogP contribution in [0.1, 0.15) is 22.3 Å². The van der Waals surface area contributed by atoms with E-state index in [0.717, 1.165) is 33.9 Å². The molecule has 1 aromatic heterocycles. The Morgan fingerprint density at radius 1 is 0.386 bits per heavy atom. The van der Waals surface area contributed by atoms with Gasteiger partial charge in [-0.15, -0.1) is 0 Å². The topological polar surface area (TPSA) is 29.0 Å². The molecule has 208 valence electrons. The van der Waals surface area contributed by atoms with Gasteiger partial charge in [-0.1, -0.05) is 158 Å². The second-order valence-electron chi connectivity index (χ2n) is 11.0. The number of para-hydroxylation sites is 2. The zero-order chi connectivity index (χ0) is 29.3. The first-order chi connectivity index (χ1) is 21.8. The van der Waals surface area contributed by atoms with Crippen LogP contribution in [-0.4, -0.2) is 9.97 Å². The van der Waals surface area contributed by atoms with Crippen molar-refractivity contribution < 1.29 is 0 Å². The summed E-state index contributed by atoms with van der Waals surface area (Å²) < 4.78 is 0. The molecule has 3 heteroatoms. The summed E-state index contributed by atoms with van der Waals surface area (Å²) in [6.07, 6.45) is 0. The van der Waals surface area contributed by atoms with Gasteiger partial charge in [0.25, 0.3) is 0 Å². The van der Waals surface area contributed by atoms with Gasteiger partial charge in [0.05, 0.1) is 28.2 Å². The monoisotopic (exact) mass is 563 g/mol. The minimum absolute atomic E-state index is 0.536. The fourth-order valence-electron chi connectivity index (χ4n) is 6.67. The van der Waals surface area contributed by atoms with Crippen LogP contribution >= 0.6 is 0 Å². The van der Waals surface area contributed by atoms with Crippen LogP contribution in [0.15, 0.2) is 176 Å². The highest BCUT2D eigenvalue weighted by molar-refractivity contribution is 5.88. The van der Waals surface area contributed by atoms with Crippen molar-refractivity contribution in [3.63, 3.8) is 0 Å². The van der Waals surface area contributed by atoms with E-state index >= 15 is 0 Å². The molecular formula is C41H29N3. The maximum atomic E-state index is 5.26. The summed E-state index contributed by atoms with van der Waals surface area (Å²) in [5.41, 5.74) is 10.3. The van der Waals surface area contributed by atoms with E-state index in [-0.39, 0.29) is 0 Å². The molecule has 0 amide bonds. The Hall–Kier alpha value is -5.80. The smallest absolute Gasteiger partial charge is 0.235 e. The highest BCUT2D eigenvalue weighted by atomic mass is 15.3. The molecule has 0 atom stereocenters. The molecule has 1 aliphatic rings. The Bertz CT molecular complexity index is 1910. The third-order valence-corrected chi connectivity index (χ3v) is 8.56. The van der Waals surface area contributed by atoms with E-state index in [1.807, 2.05) is 12.1 Å². The summed E-state index contributed by atoms with van der Waals surface area (Å²) >= 11 is 0. The summed E-state index contributed by atoms with van der Waals surface area (Å²) in [4.78, 5) is 12.8. The lowest BCUT2D eigenvalue weighted by Gasteiger charge is -2.45. The largest absolute Gasteiger partial charge is 0.278 e. The van der Waals surface area contributed by atoms with Crippen molar-refractivity contribution in [3.05, 3.63) is 198 Å². The van der Waals surface area contributed by atoms with Crippen LogP contribution in [0.5, 0.6) is 0 Å². The van der Waals surface area contributed by atoms with Crippen LogP contribution in [0.3, 0.4) is 0 Å². The summed E-state index contributed by atoms with van der Waals surface area (Å²) in [6.45, 7) is 0. The van der Waals surface area contributed by atoms with Gasteiger partial charge in [-0.05, 0) is 40.5 Å². The van der Waals surface area contributed by atoms with Crippen molar-refractivity contribution in [2.24, 2.45) is 0 Å². The summed E-state index contributed by atoms with van der Waals surface area (Å²) in [5.74, 6) is 0.639. The van der Waals surface area contributed by atoms with Gasteiger partial charge in [-0.3, -0.25) is 4.90 Å². The van der Waals surface area contributed by atoms with Crippen LogP contribution in [0.2, 0.25) is 0 Å². The van der Waals surface area contributed by atoms with E-state index in [4.69, 9.17) is 9.97 Å². The highest BCUT2D eigenvalue weighted by Gasteiger charge is 2.46. The third kappa shape index (κ3) is 4.13. The Kier molecular flexibility index (Phi) is 6.35. The van der Waals surface area contributed by atoms with Crippen molar-refractivity contribution in [1.82, 2.24) is 9.97 Å². The average Bonchev–Trinajstić information content (AvgIpc) is 3.12. The second-order valence-corrected chi connectivity index (χ2v) is 11.0. The molecule has 1 aliphatic heterocycles. The molecule has 0 fully saturated rings. The summed E-state index contributed by atoms with van der Waals surface area (Å²) in [6, 6.07) is 61.9. The Balaban J connectivity index is 1.45. The molecule has 0 saturated heterocycles. The molecule has 0 unspecified atom stereocenters. The van der Waals surface area contributed by atoms with Crippen LogP contribution < -0.4 is 4.90 Å². The molecular weight excluding hydrogens is 534 g/mol. The van der Waals surface area contributed by atoms with Crippen molar-refractivity contribution in [1.29, 1.82) is 0 Å². The first-order valence-corrected chi connectivity index (χ1v) is 14.9. The molecule has 0 radical (unpaired) electrons. The van der Waals surface area contributed by atoms with Crippen molar-refractivity contribution in [2.45, 2.75) is 5.41 Å². The zero-order valence-electron chi connectivity index (χ0n) is 24.1. The standard InChI is InChI=1S/C41H29N3/c1-5-17-30(18-6-1)36-29-37(31-19-7-2-8-20-31)43-40(42-36)44-38-27-15-13-25-34(38)41(32-21-9-3-10-22-32,33-23-11-4-12-24-33)35-26-14-16-28-39(35)44/h1-29H. The predicted octanol–water partition coefficient (Wildman–Crippen LogP) is 9.98. The molecule has 44 heavy (non-hydrogen) atoms. The molecule has 0 aliphatic carbocycles. The lowest BCUT2D eigenvalue weighted by molar-refractivity contribution is 0.729. The molecule has 0 N–H and O–H groups in total. The molecule has 6 aromatic carbocycles. The average molecular weight is 564 g/mol. The van der Waals surface area contributed by atoms with Crippen molar-refractivity contribution >= 4 is 17.3 Å². The summed E-state index contributed by atoms with van der Waals surface area (Å²) in [7, 11) is 0. The minimum Gasteiger partial charge on any atom is -0.278 e. The molecule has 7 aromatic rings. The van der Waals surface area contributed by atoms with E-state index in [2.05, 4.69) is 169 Å². The van der Waals surface area contributed by atoms with Crippen LogP contribution in [0.4, 0.5) is 17.3 Å². The fourth-order valence-corrected chi connectivity index (χ4v) is 6.67. The summed E-state index contributed by atoms with van der Waals surface area (Å²) in [5, 5.41) is 0. The number of hydrogen-bond acceptors (Lipinski definition) is 3. The maximum Gasteiger partial charge on any atom is 0.235 e. The van der Waals surface area contributed by atoms with Crippen LogP contribution in [0, 0.1) is 0 Å². The number of aromatic nitrogens is 2. The number of nitrogens with zero attached hydrogens (tertiary/aromatic N) is 3. The third-order valence-electron chi connectivity index (χ3n) is 8.56. The van der Waals surface area contributed by atoms with E-state index in [1.165, 1.54) is 22.3 Å². The van der Waals surface area contributed by atoms with E-state index < -0.39 is 5.41 Å². The van der Waals surface area contributed by atoms with E-state index in [1.54, 1.807) is 0 Å². The quantitative estimate of drug-likeness (QED) is 0.209. The molecule has 2 heterocycles. The lowest BCUT2D eigenvalue weighted by Crippen LogP contribution is -2.38. The SMILES string of the molecule is c1ccc(-c2cc(-c3ccccc3)nc(N3c4ccccc4C(c4ccccc4)(c4ccccc4)c4ccccc43)n2)cc1. The van der Waals surface area contributed by atoms with Crippen molar-refractivity contribution in [3.8, 4) is 22.5 Å². The van der Waals surface area contributed by atoms with Crippen molar-refractivity contribution in [2.75, 3.05) is 4.90 Å². The normalized spacial score (nSPS) is 13.1. The number of benzene rings is 6. The van der Waals surface area contributed by atoms with Gasteiger partial charge in [0.15, 0.2) is 0 Å². The Morgan fingerprint density at radius 3 is 1.18 bits per heavy atom. The Morgan fingerprint density at radius 2 is 0.750 bits per heavy atom. The van der Waals surface area contributed by atoms with Gasteiger partial charge in [0.1, 0.15) is 0 Å². The molecule has 8 rings (SSSR count).